The van der Waals surface area contributed by atoms with Gasteiger partial charge in [0, 0.05) is 10.3 Å². The maximum absolute atomic E-state index is 11.1. The topological polar surface area (TPSA) is 222 Å². The number of hydrogen-bond donors (Lipinski definition) is 2. The molecule has 6 rings (SSSR count). The average molecular weight is 781 g/mol. The summed E-state index contributed by atoms with van der Waals surface area (Å²) >= 11 is 1.35. The van der Waals surface area contributed by atoms with Crippen LogP contribution in [0.4, 0.5) is 45.5 Å². The Hall–Kier alpha value is -3.96. The molecule has 0 aliphatic rings. The smallest absolute Gasteiger partial charge is 0.691 e. The Morgan fingerprint density at radius 3 is 1.31 bits per heavy atom. The van der Waals surface area contributed by atoms with Crippen LogP contribution in [0.3, 0.4) is 0 Å². The predicted molar refractivity (Wildman–Crippen MR) is 186 cm³/mol. The zero-order chi connectivity index (χ0) is 36.1. The minimum absolute atomic E-state index is 0. The van der Waals surface area contributed by atoms with Crippen LogP contribution in [-0.4, -0.2) is 10.2 Å². The molecule has 0 amide bonds. The summed E-state index contributed by atoms with van der Waals surface area (Å²) in [7, 11) is 0. The molecule has 0 saturated heterocycles. The second kappa shape index (κ2) is 21.8. The summed E-state index contributed by atoms with van der Waals surface area (Å²) < 4.78 is 8.81. The van der Waals surface area contributed by atoms with Crippen LogP contribution in [0, 0.1) is 0 Å². The molecule has 0 unspecified atom stereocenters. The van der Waals surface area contributed by atoms with Crippen molar-refractivity contribution in [3.63, 3.8) is 0 Å². The summed E-state index contributed by atoms with van der Waals surface area (Å²) in [5.41, 5.74) is 3.90. The van der Waals surface area contributed by atoms with Crippen molar-refractivity contribution in [1.29, 1.82) is 0 Å². The van der Waals surface area contributed by atoms with Crippen LogP contribution in [0.25, 0.3) is 10.8 Å². The fourth-order valence-electron chi connectivity index (χ4n) is 4.38. The van der Waals surface area contributed by atoms with Gasteiger partial charge in [0.05, 0.1) is 68.8 Å². The first-order valence-electron chi connectivity index (χ1n) is 14.8. The molecule has 6 aromatic rings. The third-order valence-electron chi connectivity index (χ3n) is 6.84. The van der Waals surface area contributed by atoms with Gasteiger partial charge in [0.1, 0.15) is 11.4 Å². The third-order valence-corrected chi connectivity index (χ3v) is 8.04. The van der Waals surface area contributed by atoms with E-state index in [1.807, 2.05) is 0 Å². The van der Waals surface area contributed by atoms with Gasteiger partial charge in [-0.2, -0.15) is 44.5 Å². The zero-order valence-corrected chi connectivity index (χ0v) is 33.9. The molecule has 20 heteroatoms. The van der Waals surface area contributed by atoms with Crippen LogP contribution in [-0.2, 0) is 18.7 Å². The van der Waals surface area contributed by atoms with E-state index in [1.54, 1.807) is 109 Å². The molecule has 0 aromatic heterocycles. The number of phenolic OH excluding ortho intramolecular Hbond substituents is 2. The molecule has 0 aliphatic heterocycles. The van der Waals surface area contributed by atoms with Crippen LogP contribution in [0.5, 0.6) is 11.5 Å². The Labute approximate surface area is 359 Å². The van der Waals surface area contributed by atoms with Gasteiger partial charge in [-0.15, -0.1) is 5.11 Å². The van der Waals surface area contributed by atoms with Crippen LogP contribution in [0.15, 0.2) is 172 Å². The maximum atomic E-state index is 11.1. The Balaban J connectivity index is 0.00000325. The number of azo groups is 4. The molecule has 2 N–H and O–H groups in total. The first-order valence-corrected chi connectivity index (χ1v) is 16.3. The first kappa shape index (κ1) is 42.8. The number of aromatic hydroxyl groups is 2. The molecule has 0 saturated carbocycles. The molecule has 0 radical (unpaired) electrons. The second-order valence-corrected chi connectivity index (χ2v) is 11.8. The van der Waals surface area contributed by atoms with Crippen LogP contribution in [0.2, 0.25) is 0 Å². The normalized spacial score (nSPS) is 11.5. The number of hydrogen-bond acceptors (Lipinski definition) is 18. The summed E-state index contributed by atoms with van der Waals surface area (Å²) in [4.78, 5) is 0.921. The molecule has 0 aliphatic carbocycles. The summed E-state index contributed by atoms with van der Waals surface area (Å²) in [6.45, 7) is 0. The van der Waals surface area contributed by atoms with Gasteiger partial charge in [-0.3, -0.25) is 10.1 Å². The van der Waals surface area contributed by atoms with Crippen molar-refractivity contribution in [2.75, 3.05) is 0 Å². The Morgan fingerprint density at radius 1 is 0.444 bits per heavy atom. The van der Waals surface area contributed by atoms with Gasteiger partial charge in [0.15, 0.2) is 5.75 Å². The van der Waals surface area contributed by atoms with Crippen molar-refractivity contribution >= 4 is 80.4 Å². The van der Waals surface area contributed by atoms with E-state index in [2.05, 4.69) is 59.7 Å². The largest absolute Gasteiger partial charge is 1.00 e. The summed E-state index contributed by atoms with van der Waals surface area (Å²) in [6.07, 6.45) is 0. The van der Waals surface area contributed by atoms with Gasteiger partial charge in [-0.1, -0.05) is 0 Å². The molecule has 0 bridgehead atoms. The summed E-state index contributed by atoms with van der Waals surface area (Å²) in [5.74, 6) is -0.0869. The van der Waals surface area contributed by atoms with Gasteiger partial charge < -0.3 is 20.7 Å². The number of fused-ring (bicyclic) bond motifs is 1. The predicted octanol–water partition coefficient (Wildman–Crippen LogP) is 4.38. The fraction of sp³-hybridized carbons (Fsp3) is 0. The van der Waals surface area contributed by atoms with Crippen LogP contribution < -0.4 is 69.6 Å². The summed E-state index contributed by atoms with van der Waals surface area (Å²) in [5, 5.41) is 82.7. The second-order valence-electron chi connectivity index (χ2n) is 10.3. The van der Waals surface area contributed by atoms with Crippen molar-refractivity contribution in [3.05, 3.63) is 121 Å². The number of nitrogens with zero attached hydrogens (tertiary/aromatic N) is 8. The molecular formula is C34H22N8Na2O8S2. The number of rotatable bonds is 14. The Bertz CT molecular complexity index is 2250. The van der Waals surface area contributed by atoms with E-state index in [9.17, 15) is 20.7 Å². The monoisotopic (exact) mass is 780 g/mol. The van der Waals surface area contributed by atoms with E-state index in [0.717, 1.165) is 12.0 Å². The van der Waals surface area contributed by atoms with E-state index in [1.165, 1.54) is 12.1 Å². The number of phenols is 2. The molecule has 0 spiro atoms. The van der Waals surface area contributed by atoms with Gasteiger partial charge in [0.25, 0.3) is 0 Å². The Kier molecular flexibility index (Phi) is 17.3. The van der Waals surface area contributed by atoms with E-state index >= 15 is 0 Å². The van der Waals surface area contributed by atoms with Crippen molar-refractivity contribution < 1.29 is 98.6 Å². The van der Waals surface area contributed by atoms with Crippen LogP contribution >= 0.6 is 24.1 Å². The van der Waals surface area contributed by atoms with Crippen molar-refractivity contribution in [3.8, 4) is 11.5 Å². The fourth-order valence-corrected chi connectivity index (χ4v) is 5.22. The minimum atomic E-state index is -0.203. The van der Waals surface area contributed by atoms with Gasteiger partial charge >= 0.3 is 59.1 Å². The molecule has 6 aromatic carbocycles. The molecule has 16 nitrogen and oxygen atoms in total. The third kappa shape index (κ3) is 12.3. The van der Waals surface area contributed by atoms with Crippen molar-refractivity contribution in [2.24, 2.45) is 40.9 Å². The van der Waals surface area contributed by atoms with Crippen molar-refractivity contribution in [1.82, 2.24) is 0 Å². The van der Waals surface area contributed by atoms with Crippen molar-refractivity contribution in [2.45, 2.75) is 9.79 Å². The first-order chi connectivity index (χ1) is 25.5. The standard InChI is InChI=1S/C34H24N8O8S2.2Na/c43-29-14-9-26(10-15-29)39-41-28-13-18-31-21(19-28)20-32(52-50-48-46)33(34(31)44)42-40-25-7-5-24(6-8-25)36-35-22-1-3-23(4-2-22)37-38-27-11-16-30(17-12-27)51-49-47-45;;/h1-20,43-46H;;/q;2*+1/p-2. The van der Waals surface area contributed by atoms with Crippen LogP contribution in [0.1, 0.15) is 0 Å². The SMILES string of the molecule is [Na+].[Na+].[O-]OOSc1ccc(N=Nc2ccc(N=Nc3ccc(N=Nc4c(SOO[O-])cc5cc(N=Nc6ccc(O)cc6)ccc5c4O)cc3)cc2)cc1. The summed E-state index contributed by atoms with van der Waals surface area (Å²) in [6, 6.07) is 33.4. The minimum Gasteiger partial charge on any atom is -0.691 e. The quantitative estimate of drug-likeness (QED) is 0.0522. The molecule has 54 heavy (non-hydrogen) atoms. The molecule has 260 valence electrons. The average Bonchev–Trinajstić information content (AvgIpc) is 3.18. The molecular weight excluding hydrogens is 759 g/mol. The number of benzene rings is 6. The van der Waals surface area contributed by atoms with E-state index < -0.39 is 0 Å². The molecule has 0 atom stereocenters. The van der Waals surface area contributed by atoms with E-state index in [4.69, 9.17) is 0 Å². The zero-order valence-electron chi connectivity index (χ0n) is 28.3. The maximum Gasteiger partial charge on any atom is 1.00 e. The molecule has 0 fully saturated rings. The van der Waals surface area contributed by atoms with E-state index in [0.29, 0.717) is 67.5 Å². The van der Waals surface area contributed by atoms with Gasteiger partial charge in [-0.05, 0) is 127 Å². The van der Waals surface area contributed by atoms with Gasteiger partial charge in [-0.25, -0.2) is 0 Å². The Morgan fingerprint density at radius 2 is 0.833 bits per heavy atom. The van der Waals surface area contributed by atoms with Gasteiger partial charge in [0.2, 0.25) is 0 Å². The molecule has 0 heterocycles. The van der Waals surface area contributed by atoms with E-state index in [-0.39, 0.29) is 81.2 Å².